The highest BCUT2D eigenvalue weighted by molar-refractivity contribution is 8.13. The van der Waals surface area contributed by atoms with Crippen molar-refractivity contribution in [3.63, 3.8) is 0 Å². The van der Waals surface area contributed by atoms with Gasteiger partial charge in [-0.15, -0.1) is 0 Å². The first-order valence-electron chi connectivity index (χ1n) is 10.7. The van der Waals surface area contributed by atoms with Gasteiger partial charge in [0.25, 0.3) is 5.91 Å². The number of nitrogens with one attached hydrogen (secondary N) is 1. The number of ether oxygens (including phenoxy) is 1. The maximum Gasteiger partial charge on any atom is 0.372 e. The number of Topliss-reactive ketones (excluding diaryl/α,β-unsaturated/α-hetero) is 1. The molecule has 0 aliphatic heterocycles. The van der Waals surface area contributed by atoms with E-state index in [1.807, 2.05) is 39.8 Å². The number of hydrogen-bond acceptors (Lipinski definition) is 6. The summed E-state index contributed by atoms with van der Waals surface area (Å²) in [6, 6.07) is 9.20. The van der Waals surface area contributed by atoms with Crippen LogP contribution in [0.4, 0.5) is 4.79 Å². The zero-order valence-corrected chi connectivity index (χ0v) is 19.7. The van der Waals surface area contributed by atoms with Crippen LogP contribution in [-0.4, -0.2) is 34.3 Å². The number of ketones is 1. The molecule has 0 saturated heterocycles. The molecule has 1 aliphatic rings. The van der Waals surface area contributed by atoms with Crippen LogP contribution in [0.5, 0.6) is 0 Å². The first kappa shape index (κ1) is 23.7. The van der Waals surface area contributed by atoms with Gasteiger partial charge in [0.15, 0.2) is 5.78 Å². The van der Waals surface area contributed by atoms with Crippen molar-refractivity contribution < 1.29 is 19.1 Å². The van der Waals surface area contributed by atoms with Crippen molar-refractivity contribution in [1.29, 1.82) is 0 Å². The Balaban J connectivity index is 1.79. The summed E-state index contributed by atoms with van der Waals surface area (Å²) in [5.41, 5.74) is 4.74. The van der Waals surface area contributed by atoms with Crippen LogP contribution in [0.25, 0.3) is 5.57 Å². The molecule has 0 saturated carbocycles. The van der Waals surface area contributed by atoms with Gasteiger partial charge in [0, 0.05) is 30.8 Å². The monoisotopic (exact) mass is 452 g/mol. The highest BCUT2D eigenvalue weighted by Gasteiger charge is 2.37. The van der Waals surface area contributed by atoms with Crippen LogP contribution in [0.2, 0.25) is 0 Å². The lowest BCUT2D eigenvalue weighted by molar-refractivity contribution is -0.116. The molecule has 1 aliphatic carbocycles. The summed E-state index contributed by atoms with van der Waals surface area (Å²) < 4.78 is 5.64. The number of carbonyl (C=O) groups is 3. The third-order valence-electron chi connectivity index (χ3n) is 5.40. The normalized spacial score (nSPS) is 15.8. The molecule has 7 heteroatoms. The fraction of sp³-hybridized carbons (Fsp3) is 0.360. The van der Waals surface area contributed by atoms with Gasteiger partial charge in [0.2, 0.25) is 0 Å². The molecule has 168 valence electrons. The summed E-state index contributed by atoms with van der Waals surface area (Å²) in [5, 5.41) is 2.42. The van der Waals surface area contributed by atoms with Gasteiger partial charge in [-0.25, -0.2) is 4.79 Å². The molecule has 1 N–H and O–H groups in total. The van der Waals surface area contributed by atoms with Crippen molar-refractivity contribution >= 4 is 34.3 Å². The first-order valence-corrected chi connectivity index (χ1v) is 11.7. The van der Waals surface area contributed by atoms with Gasteiger partial charge >= 0.3 is 5.30 Å². The number of hydrogen-bond donors (Lipinski definition) is 1. The fourth-order valence-electron chi connectivity index (χ4n) is 4.12. The van der Waals surface area contributed by atoms with Crippen LogP contribution in [0.3, 0.4) is 0 Å². The average Bonchev–Trinajstić information content (AvgIpc) is 3.03. The molecule has 1 atom stereocenters. The van der Waals surface area contributed by atoms with Gasteiger partial charge in [-0.2, -0.15) is 0 Å². The molecule has 1 aromatic heterocycles. The van der Waals surface area contributed by atoms with E-state index in [0.29, 0.717) is 42.2 Å². The number of rotatable bonds is 7. The molecule has 0 radical (unpaired) electrons. The zero-order valence-electron chi connectivity index (χ0n) is 18.9. The number of aromatic nitrogens is 1. The number of aryl methyl sites for hydroxylation is 3. The van der Waals surface area contributed by atoms with E-state index in [0.717, 1.165) is 34.0 Å². The van der Waals surface area contributed by atoms with Crippen molar-refractivity contribution in [3.8, 4) is 0 Å². The second-order valence-electron chi connectivity index (χ2n) is 7.88. The van der Waals surface area contributed by atoms with Crippen LogP contribution in [0.15, 0.2) is 42.3 Å². The quantitative estimate of drug-likeness (QED) is 0.594. The Morgan fingerprint density at radius 1 is 1.19 bits per heavy atom. The predicted octanol–water partition coefficient (Wildman–Crippen LogP) is 5.02. The largest absolute Gasteiger partial charge is 0.422 e. The highest BCUT2D eigenvalue weighted by atomic mass is 32.2. The number of nitrogens with zero attached hydrogens (tertiary/aromatic N) is 1. The lowest BCUT2D eigenvalue weighted by Crippen LogP contribution is -2.27. The molecular weight excluding hydrogens is 424 g/mol. The van der Waals surface area contributed by atoms with Gasteiger partial charge in [0.05, 0.1) is 5.57 Å². The Kier molecular flexibility index (Phi) is 7.85. The van der Waals surface area contributed by atoms with Crippen molar-refractivity contribution in [2.45, 2.75) is 40.5 Å². The SMILES string of the molecule is CCSC(=O)OC1=C(c2c(C)cc(C)cc2C)C(=O)C(CCNC(=O)c2ccccn2)C1. The van der Waals surface area contributed by atoms with Crippen molar-refractivity contribution in [2.75, 3.05) is 12.3 Å². The molecule has 1 aromatic carbocycles. The minimum atomic E-state index is -0.403. The maximum absolute atomic E-state index is 13.4. The van der Waals surface area contributed by atoms with Crippen LogP contribution < -0.4 is 5.32 Å². The number of pyridine rings is 1. The maximum atomic E-state index is 13.4. The number of allylic oxidation sites excluding steroid dienone is 2. The second-order valence-corrected chi connectivity index (χ2v) is 9.08. The van der Waals surface area contributed by atoms with E-state index in [2.05, 4.69) is 10.3 Å². The third kappa shape index (κ3) is 5.46. The van der Waals surface area contributed by atoms with Crippen molar-refractivity contribution in [3.05, 3.63) is 70.2 Å². The minimum Gasteiger partial charge on any atom is -0.422 e. The van der Waals surface area contributed by atoms with Gasteiger partial charge in [-0.3, -0.25) is 14.6 Å². The lowest BCUT2D eigenvalue weighted by atomic mass is 9.90. The predicted molar refractivity (Wildman–Crippen MR) is 126 cm³/mol. The Morgan fingerprint density at radius 3 is 2.53 bits per heavy atom. The topological polar surface area (TPSA) is 85.4 Å². The van der Waals surface area contributed by atoms with E-state index in [1.165, 1.54) is 0 Å². The van der Waals surface area contributed by atoms with E-state index < -0.39 is 5.30 Å². The molecular formula is C25H28N2O4S. The second kappa shape index (κ2) is 10.6. The van der Waals surface area contributed by atoms with Gasteiger partial charge in [-0.1, -0.05) is 30.7 Å². The molecule has 2 aromatic rings. The van der Waals surface area contributed by atoms with Crippen molar-refractivity contribution in [1.82, 2.24) is 10.3 Å². The van der Waals surface area contributed by atoms with Crippen LogP contribution in [0.1, 0.15) is 52.5 Å². The number of amides is 1. The van der Waals surface area contributed by atoms with E-state index in [-0.39, 0.29) is 17.6 Å². The van der Waals surface area contributed by atoms with Crippen LogP contribution in [0, 0.1) is 26.7 Å². The molecule has 0 fully saturated rings. The summed E-state index contributed by atoms with van der Waals surface area (Å²) in [5.74, 6) is 0.346. The number of carbonyl (C=O) groups excluding carboxylic acids is 3. The molecule has 1 unspecified atom stereocenters. The first-order chi connectivity index (χ1) is 15.3. The lowest BCUT2D eigenvalue weighted by Gasteiger charge is -2.14. The van der Waals surface area contributed by atoms with Crippen molar-refractivity contribution in [2.24, 2.45) is 5.92 Å². The van der Waals surface area contributed by atoms with E-state index in [4.69, 9.17) is 4.74 Å². The molecule has 3 rings (SSSR count). The minimum absolute atomic E-state index is 0.0450. The molecule has 0 bridgehead atoms. The Bertz CT molecular complexity index is 1040. The summed E-state index contributed by atoms with van der Waals surface area (Å²) in [7, 11) is 0. The number of benzene rings is 1. The molecule has 0 spiro atoms. The standard InChI is InChI=1S/C25H28N2O4S/c1-5-32-25(30)31-20-14-18(9-11-27-24(29)19-8-6-7-10-26-19)23(28)22(20)21-16(3)12-15(2)13-17(21)4/h6-8,10,12-13,18H,5,9,11,14H2,1-4H3,(H,27,29). The summed E-state index contributed by atoms with van der Waals surface area (Å²) >= 11 is 1.08. The fourth-order valence-corrected chi connectivity index (χ4v) is 4.51. The molecule has 6 nitrogen and oxygen atoms in total. The number of thioether (sulfide) groups is 1. The van der Waals surface area contributed by atoms with Gasteiger partial charge in [-0.05, 0) is 67.8 Å². The molecule has 1 amide bonds. The van der Waals surface area contributed by atoms with Gasteiger partial charge < -0.3 is 10.1 Å². The Hall–Kier alpha value is -2.93. The Labute approximate surface area is 192 Å². The summed E-state index contributed by atoms with van der Waals surface area (Å²) in [4.78, 5) is 41.9. The smallest absolute Gasteiger partial charge is 0.372 e. The zero-order chi connectivity index (χ0) is 23.3. The van der Waals surface area contributed by atoms with Crippen LogP contribution >= 0.6 is 11.8 Å². The average molecular weight is 453 g/mol. The highest BCUT2D eigenvalue weighted by Crippen LogP contribution is 2.40. The van der Waals surface area contributed by atoms with Crippen LogP contribution in [-0.2, 0) is 9.53 Å². The van der Waals surface area contributed by atoms with E-state index >= 15 is 0 Å². The van der Waals surface area contributed by atoms with E-state index in [9.17, 15) is 14.4 Å². The summed E-state index contributed by atoms with van der Waals surface area (Å²) in [6.07, 6.45) is 2.36. The van der Waals surface area contributed by atoms with Gasteiger partial charge in [0.1, 0.15) is 11.5 Å². The third-order valence-corrected chi connectivity index (χ3v) is 6.01. The summed E-state index contributed by atoms with van der Waals surface area (Å²) in [6.45, 7) is 8.16. The molecule has 1 heterocycles. The molecule has 32 heavy (non-hydrogen) atoms. The van der Waals surface area contributed by atoms with E-state index in [1.54, 1.807) is 24.4 Å². The Morgan fingerprint density at radius 2 is 1.91 bits per heavy atom.